The Morgan fingerprint density at radius 1 is 0.760 bits per heavy atom. The molecule has 2 aromatic rings. The van der Waals surface area contributed by atoms with Gasteiger partial charge in [-0.25, -0.2) is 0 Å². The molecule has 0 aliphatic heterocycles. The van der Waals surface area contributed by atoms with Crippen LogP contribution >= 0.6 is 0 Å². The number of anilines is 3. The SMILES string of the molecule is CCCC(=O)Nc1ccc(C(=O)Nc2ccc(NC(C)=O)cc2)cc1. The first-order chi connectivity index (χ1) is 12.0. The Morgan fingerprint density at radius 3 is 1.76 bits per heavy atom. The van der Waals surface area contributed by atoms with E-state index in [0.717, 1.165) is 6.42 Å². The first-order valence-corrected chi connectivity index (χ1v) is 8.07. The van der Waals surface area contributed by atoms with Crippen LogP contribution in [-0.2, 0) is 9.59 Å². The molecule has 130 valence electrons. The molecule has 0 saturated carbocycles. The first-order valence-electron chi connectivity index (χ1n) is 8.07. The lowest BCUT2D eigenvalue weighted by atomic mass is 10.2. The van der Waals surface area contributed by atoms with Crippen molar-refractivity contribution in [1.82, 2.24) is 0 Å². The van der Waals surface area contributed by atoms with Crippen LogP contribution in [0, 0.1) is 0 Å². The van der Waals surface area contributed by atoms with Crippen molar-refractivity contribution in [2.24, 2.45) is 0 Å². The van der Waals surface area contributed by atoms with E-state index in [4.69, 9.17) is 0 Å². The summed E-state index contributed by atoms with van der Waals surface area (Å²) in [7, 11) is 0. The van der Waals surface area contributed by atoms with Crippen molar-refractivity contribution in [2.45, 2.75) is 26.7 Å². The van der Waals surface area contributed by atoms with E-state index in [0.29, 0.717) is 29.0 Å². The van der Waals surface area contributed by atoms with Crippen molar-refractivity contribution in [3.05, 3.63) is 54.1 Å². The minimum Gasteiger partial charge on any atom is -0.326 e. The zero-order chi connectivity index (χ0) is 18.2. The lowest BCUT2D eigenvalue weighted by molar-refractivity contribution is -0.116. The molecule has 0 atom stereocenters. The summed E-state index contributed by atoms with van der Waals surface area (Å²) in [6.45, 7) is 3.37. The van der Waals surface area contributed by atoms with Crippen molar-refractivity contribution < 1.29 is 14.4 Å². The highest BCUT2D eigenvalue weighted by Gasteiger charge is 2.07. The van der Waals surface area contributed by atoms with Crippen LogP contribution in [0.3, 0.4) is 0 Å². The fourth-order valence-electron chi connectivity index (χ4n) is 2.20. The maximum Gasteiger partial charge on any atom is 0.255 e. The van der Waals surface area contributed by atoms with Gasteiger partial charge in [-0.1, -0.05) is 6.92 Å². The van der Waals surface area contributed by atoms with Crippen LogP contribution in [0.15, 0.2) is 48.5 Å². The third-order valence-electron chi connectivity index (χ3n) is 3.37. The summed E-state index contributed by atoms with van der Waals surface area (Å²) < 4.78 is 0. The second kappa shape index (κ2) is 8.63. The van der Waals surface area contributed by atoms with Crippen LogP contribution in [-0.4, -0.2) is 17.7 Å². The zero-order valence-corrected chi connectivity index (χ0v) is 14.3. The Labute approximate surface area is 146 Å². The Balaban J connectivity index is 1.96. The predicted octanol–water partition coefficient (Wildman–Crippen LogP) is 3.64. The van der Waals surface area contributed by atoms with Gasteiger partial charge in [0.05, 0.1) is 0 Å². The highest BCUT2D eigenvalue weighted by atomic mass is 16.2. The average Bonchev–Trinajstić information content (AvgIpc) is 2.57. The molecular formula is C19H21N3O3. The third-order valence-corrected chi connectivity index (χ3v) is 3.37. The number of hydrogen-bond donors (Lipinski definition) is 3. The molecule has 0 spiro atoms. The normalized spacial score (nSPS) is 10.0. The Morgan fingerprint density at radius 2 is 1.24 bits per heavy atom. The lowest BCUT2D eigenvalue weighted by Crippen LogP contribution is -2.13. The van der Waals surface area contributed by atoms with Gasteiger partial charge < -0.3 is 16.0 Å². The number of carbonyl (C=O) groups is 3. The highest BCUT2D eigenvalue weighted by molar-refractivity contribution is 6.04. The summed E-state index contributed by atoms with van der Waals surface area (Å²) in [5.74, 6) is -0.444. The molecule has 0 bridgehead atoms. The Bertz CT molecular complexity index is 752. The van der Waals surface area contributed by atoms with Gasteiger partial charge in [0.1, 0.15) is 0 Å². The summed E-state index contributed by atoms with van der Waals surface area (Å²) >= 11 is 0. The van der Waals surface area contributed by atoms with Crippen molar-refractivity contribution in [3.8, 4) is 0 Å². The van der Waals surface area contributed by atoms with E-state index < -0.39 is 0 Å². The number of benzene rings is 2. The number of amides is 3. The van der Waals surface area contributed by atoms with Gasteiger partial charge in [0.2, 0.25) is 11.8 Å². The summed E-state index contributed by atoms with van der Waals surface area (Å²) in [5.41, 5.74) is 2.44. The first kappa shape index (κ1) is 18.2. The van der Waals surface area contributed by atoms with Gasteiger partial charge in [-0.2, -0.15) is 0 Å². The van der Waals surface area contributed by atoms with Gasteiger partial charge in [0.25, 0.3) is 5.91 Å². The molecule has 6 heteroatoms. The Hall–Kier alpha value is -3.15. The van der Waals surface area contributed by atoms with Crippen molar-refractivity contribution in [2.75, 3.05) is 16.0 Å². The van der Waals surface area contributed by atoms with Crippen LogP contribution in [0.5, 0.6) is 0 Å². The fraction of sp³-hybridized carbons (Fsp3) is 0.211. The molecule has 0 fully saturated rings. The summed E-state index contributed by atoms with van der Waals surface area (Å²) in [5, 5.41) is 8.22. The van der Waals surface area contributed by atoms with Crippen LogP contribution < -0.4 is 16.0 Å². The number of hydrogen-bond acceptors (Lipinski definition) is 3. The van der Waals surface area contributed by atoms with Crippen molar-refractivity contribution >= 4 is 34.8 Å². The molecule has 0 aliphatic rings. The van der Waals surface area contributed by atoms with Gasteiger partial charge in [0, 0.05) is 36.0 Å². The average molecular weight is 339 g/mol. The minimum atomic E-state index is -0.251. The van der Waals surface area contributed by atoms with Gasteiger partial charge in [-0.3, -0.25) is 14.4 Å². The smallest absolute Gasteiger partial charge is 0.255 e. The second-order valence-corrected chi connectivity index (χ2v) is 5.59. The molecule has 3 N–H and O–H groups in total. The maximum absolute atomic E-state index is 12.2. The van der Waals surface area contributed by atoms with E-state index in [1.165, 1.54) is 6.92 Å². The summed E-state index contributed by atoms with van der Waals surface area (Å²) in [4.78, 5) is 34.8. The van der Waals surface area contributed by atoms with Crippen LogP contribution in [0.1, 0.15) is 37.0 Å². The number of rotatable bonds is 6. The highest BCUT2D eigenvalue weighted by Crippen LogP contribution is 2.16. The maximum atomic E-state index is 12.2. The van der Waals surface area contributed by atoms with Gasteiger partial charge in [-0.05, 0) is 55.0 Å². The zero-order valence-electron chi connectivity index (χ0n) is 14.3. The van der Waals surface area contributed by atoms with E-state index in [-0.39, 0.29) is 17.7 Å². The van der Waals surface area contributed by atoms with E-state index in [9.17, 15) is 14.4 Å². The van der Waals surface area contributed by atoms with Crippen molar-refractivity contribution in [1.29, 1.82) is 0 Å². The predicted molar refractivity (Wildman–Crippen MR) is 98.7 cm³/mol. The summed E-state index contributed by atoms with van der Waals surface area (Å²) in [6.07, 6.45) is 1.25. The fourth-order valence-corrected chi connectivity index (χ4v) is 2.20. The molecule has 2 rings (SSSR count). The van der Waals surface area contributed by atoms with Crippen molar-refractivity contribution in [3.63, 3.8) is 0 Å². The van der Waals surface area contributed by atoms with E-state index in [1.54, 1.807) is 48.5 Å². The molecular weight excluding hydrogens is 318 g/mol. The quantitative estimate of drug-likeness (QED) is 0.751. The molecule has 0 heterocycles. The number of nitrogens with one attached hydrogen (secondary N) is 3. The van der Waals surface area contributed by atoms with E-state index in [2.05, 4.69) is 16.0 Å². The molecule has 0 unspecified atom stereocenters. The number of carbonyl (C=O) groups excluding carboxylic acids is 3. The van der Waals surface area contributed by atoms with Crippen LogP contribution in [0.4, 0.5) is 17.1 Å². The van der Waals surface area contributed by atoms with Crippen LogP contribution in [0.25, 0.3) is 0 Å². The molecule has 3 amide bonds. The lowest BCUT2D eigenvalue weighted by Gasteiger charge is -2.08. The molecule has 0 aliphatic carbocycles. The van der Waals surface area contributed by atoms with E-state index >= 15 is 0 Å². The molecule has 2 aromatic carbocycles. The molecule has 25 heavy (non-hydrogen) atoms. The van der Waals surface area contributed by atoms with Crippen LogP contribution in [0.2, 0.25) is 0 Å². The molecule has 0 radical (unpaired) electrons. The third kappa shape index (κ3) is 5.76. The summed E-state index contributed by atoms with van der Waals surface area (Å²) in [6, 6.07) is 13.5. The monoisotopic (exact) mass is 339 g/mol. The van der Waals surface area contributed by atoms with Gasteiger partial charge in [0.15, 0.2) is 0 Å². The van der Waals surface area contributed by atoms with Gasteiger partial charge >= 0.3 is 0 Å². The Kier molecular flexibility index (Phi) is 6.28. The second-order valence-electron chi connectivity index (χ2n) is 5.59. The molecule has 6 nitrogen and oxygen atoms in total. The molecule has 0 aromatic heterocycles. The van der Waals surface area contributed by atoms with Gasteiger partial charge in [-0.15, -0.1) is 0 Å². The van der Waals surface area contributed by atoms with E-state index in [1.807, 2.05) is 6.92 Å². The largest absolute Gasteiger partial charge is 0.326 e. The minimum absolute atomic E-state index is 0.0426. The molecule has 0 saturated heterocycles. The standard InChI is InChI=1S/C19H21N3O3/c1-3-4-18(24)21-16-7-5-14(6-8-16)19(25)22-17-11-9-15(10-12-17)20-13(2)23/h5-12H,3-4H2,1-2H3,(H,20,23)(H,21,24)(H,22,25). The topological polar surface area (TPSA) is 87.3 Å².